The summed E-state index contributed by atoms with van der Waals surface area (Å²) in [4.78, 5) is 11.0. The normalized spacial score (nSPS) is 11.7. The fourth-order valence-electron chi connectivity index (χ4n) is 1.44. The van der Waals surface area contributed by atoms with Gasteiger partial charge < -0.3 is 5.73 Å². The minimum absolute atomic E-state index is 0.162. The van der Waals surface area contributed by atoms with Crippen LogP contribution < -0.4 is 5.73 Å². The lowest BCUT2D eigenvalue weighted by Crippen LogP contribution is -2.38. The van der Waals surface area contributed by atoms with E-state index in [4.69, 9.17) is 5.73 Å². The Bertz CT molecular complexity index is 514. The Morgan fingerprint density at radius 3 is 2.28 bits per heavy atom. The van der Waals surface area contributed by atoms with Gasteiger partial charge in [-0.3, -0.25) is 4.79 Å². The van der Waals surface area contributed by atoms with Crippen molar-refractivity contribution in [2.24, 2.45) is 5.73 Å². The van der Waals surface area contributed by atoms with E-state index in [2.05, 4.69) is 15.9 Å². The third kappa shape index (κ3) is 3.54. The third-order valence-corrected chi connectivity index (χ3v) is 4.98. The molecule has 0 aliphatic rings. The largest absolute Gasteiger partial charge is 0.369 e. The van der Waals surface area contributed by atoms with Gasteiger partial charge in [-0.05, 0) is 17.7 Å². The number of hydrogen-bond donors (Lipinski definition) is 1. The highest BCUT2D eigenvalue weighted by Crippen LogP contribution is 2.17. The predicted octanol–water partition coefficient (Wildman–Crippen LogP) is 1.08. The van der Waals surface area contributed by atoms with Crippen LogP contribution in [0.2, 0.25) is 0 Å². The molecule has 5 nitrogen and oxygen atoms in total. The Kier molecular flexibility index (Phi) is 5.30. The summed E-state index contributed by atoms with van der Waals surface area (Å²) >= 11 is 3.29. The van der Waals surface area contributed by atoms with Gasteiger partial charge >= 0.3 is 0 Å². The van der Waals surface area contributed by atoms with Crippen molar-refractivity contribution in [3.05, 3.63) is 29.8 Å². The second-order valence-electron chi connectivity index (χ2n) is 3.68. The number of carbonyl (C=O) groups is 1. The number of primary amides is 1. The average Bonchev–Trinajstić information content (AvgIpc) is 2.35. The van der Waals surface area contributed by atoms with Crippen molar-refractivity contribution in [3.8, 4) is 0 Å². The van der Waals surface area contributed by atoms with Gasteiger partial charge in [-0.2, -0.15) is 4.31 Å². The van der Waals surface area contributed by atoms with Gasteiger partial charge in [-0.25, -0.2) is 8.42 Å². The van der Waals surface area contributed by atoms with Crippen molar-refractivity contribution in [1.29, 1.82) is 0 Å². The van der Waals surface area contributed by atoms with E-state index >= 15 is 0 Å². The Hall–Kier alpha value is -0.920. The smallest absolute Gasteiger partial charge is 0.243 e. The number of benzene rings is 1. The zero-order valence-electron chi connectivity index (χ0n) is 9.97. The van der Waals surface area contributed by atoms with Crippen LogP contribution in [0, 0.1) is 0 Å². The van der Waals surface area contributed by atoms with Gasteiger partial charge in [0.1, 0.15) is 0 Å². The molecular weight excluding hydrogens is 320 g/mol. The molecule has 1 aromatic rings. The van der Waals surface area contributed by atoms with Gasteiger partial charge in [-0.1, -0.05) is 35.0 Å². The molecule has 0 radical (unpaired) electrons. The number of nitrogens with two attached hydrogens (primary N) is 1. The molecule has 7 heteroatoms. The van der Waals surface area contributed by atoms with Gasteiger partial charge in [0.2, 0.25) is 15.9 Å². The maximum atomic E-state index is 12.2. The fourth-order valence-corrected chi connectivity index (χ4v) is 3.23. The first-order valence-electron chi connectivity index (χ1n) is 5.35. The van der Waals surface area contributed by atoms with Crippen molar-refractivity contribution in [2.75, 3.05) is 13.1 Å². The summed E-state index contributed by atoms with van der Waals surface area (Å²) in [5.74, 6) is -0.669. The van der Waals surface area contributed by atoms with E-state index in [1.54, 1.807) is 19.1 Å². The van der Waals surface area contributed by atoms with Crippen molar-refractivity contribution in [3.63, 3.8) is 0 Å². The predicted molar refractivity (Wildman–Crippen MR) is 72.7 cm³/mol. The van der Waals surface area contributed by atoms with Crippen molar-refractivity contribution in [2.45, 2.75) is 17.1 Å². The number of sulfonamides is 1. The van der Waals surface area contributed by atoms with E-state index in [9.17, 15) is 13.2 Å². The van der Waals surface area contributed by atoms with Gasteiger partial charge in [-0.15, -0.1) is 0 Å². The van der Waals surface area contributed by atoms with E-state index in [1.165, 1.54) is 12.1 Å². The van der Waals surface area contributed by atoms with Crippen LogP contribution in [0.25, 0.3) is 0 Å². The molecule has 0 spiro atoms. The molecular formula is C11H15BrN2O3S. The summed E-state index contributed by atoms with van der Waals surface area (Å²) in [5.41, 5.74) is 6.02. The molecule has 1 aromatic carbocycles. The molecule has 0 saturated carbocycles. The number of halogens is 1. The van der Waals surface area contributed by atoms with E-state index < -0.39 is 15.9 Å². The highest BCUT2D eigenvalue weighted by Gasteiger charge is 2.24. The fraction of sp³-hybridized carbons (Fsp3) is 0.364. The molecule has 0 unspecified atom stereocenters. The molecule has 2 N–H and O–H groups in total. The second-order valence-corrected chi connectivity index (χ2v) is 6.17. The highest BCUT2D eigenvalue weighted by atomic mass is 79.9. The molecule has 0 saturated heterocycles. The van der Waals surface area contributed by atoms with Crippen molar-refractivity contribution >= 4 is 31.9 Å². The lowest BCUT2D eigenvalue weighted by atomic mass is 10.2. The maximum absolute atomic E-state index is 12.2. The van der Waals surface area contributed by atoms with Crippen LogP contribution >= 0.6 is 15.9 Å². The summed E-state index contributed by atoms with van der Waals surface area (Å²) in [6, 6.07) is 6.49. The molecule has 18 heavy (non-hydrogen) atoms. The van der Waals surface area contributed by atoms with Gasteiger partial charge in [0.15, 0.2) is 0 Å². The molecule has 1 amide bonds. The first kappa shape index (κ1) is 15.1. The Labute approximate surface area is 115 Å². The number of alkyl halides is 1. The van der Waals surface area contributed by atoms with E-state index in [0.29, 0.717) is 5.33 Å². The highest BCUT2D eigenvalue weighted by molar-refractivity contribution is 9.08. The van der Waals surface area contributed by atoms with Gasteiger partial charge in [0.05, 0.1) is 11.4 Å². The van der Waals surface area contributed by atoms with Crippen LogP contribution in [0.3, 0.4) is 0 Å². The Morgan fingerprint density at radius 2 is 1.89 bits per heavy atom. The Balaban J connectivity index is 3.06. The van der Waals surface area contributed by atoms with Crippen LogP contribution in [0.15, 0.2) is 29.2 Å². The van der Waals surface area contributed by atoms with Crippen LogP contribution in [0.1, 0.15) is 12.5 Å². The topological polar surface area (TPSA) is 80.5 Å². The SMILES string of the molecule is CCN(CC(N)=O)S(=O)(=O)c1ccc(CBr)cc1. The number of nitrogens with zero attached hydrogens (tertiary/aromatic N) is 1. The van der Waals surface area contributed by atoms with Crippen molar-refractivity contribution in [1.82, 2.24) is 4.31 Å². The number of rotatable bonds is 6. The average molecular weight is 335 g/mol. The number of carbonyl (C=O) groups excluding carboxylic acids is 1. The molecule has 0 aliphatic carbocycles. The summed E-state index contributed by atoms with van der Waals surface area (Å²) in [5, 5.41) is 0.659. The molecule has 0 fully saturated rings. The first-order chi connectivity index (χ1) is 8.41. The monoisotopic (exact) mass is 334 g/mol. The molecule has 0 heterocycles. The molecule has 1 rings (SSSR count). The Morgan fingerprint density at radius 1 is 1.33 bits per heavy atom. The summed E-state index contributed by atoms with van der Waals surface area (Å²) < 4.78 is 25.5. The summed E-state index contributed by atoms with van der Waals surface area (Å²) in [7, 11) is -3.65. The second kappa shape index (κ2) is 6.31. The minimum atomic E-state index is -3.65. The summed E-state index contributed by atoms with van der Waals surface area (Å²) in [6.45, 7) is 1.55. The van der Waals surface area contributed by atoms with Crippen LogP contribution in [-0.2, 0) is 20.1 Å². The van der Waals surface area contributed by atoms with Gasteiger partial charge in [0, 0.05) is 11.9 Å². The van der Waals surface area contributed by atoms with E-state index in [0.717, 1.165) is 9.87 Å². The van der Waals surface area contributed by atoms with Crippen molar-refractivity contribution < 1.29 is 13.2 Å². The van der Waals surface area contributed by atoms with Gasteiger partial charge in [0.25, 0.3) is 0 Å². The third-order valence-electron chi connectivity index (χ3n) is 2.40. The van der Waals surface area contributed by atoms with Crippen LogP contribution in [0.4, 0.5) is 0 Å². The quantitative estimate of drug-likeness (QED) is 0.790. The summed E-state index contributed by atoms with van der Waals surface area (Å²) in [6.07, 6.45) is 0. The number of amides is 1. The molecule has 100 valence electrons. The number of hydrogen-bond acceptors (Lipinski definition) is 3. The molecule has 0 aromatic heterocycles. The lowest BCUT2D eigenvalue weighted by molar-refractivity contribution is -0.118. The van der Waals surface area contributed by atoms with Crippen LogP contribution in [-0.4, -0.2) is 31.7 Å². The molecule has 0 atom stereocenters. The van der Waals surface area contributed by atoms with E-state index in [-0.39, 0.29) is 18.0 Å². The lowest BCUT2D eigenvalue weighted by Gasteiger charge is -2.18. The van der Waals surface area contributed by atoms with Crippen LogP contribution in [0.5, 0.6) is 0 Å². The zero-order chi connectivity index (χ0) is 13.8. The molecule has 0 aliphatic heterocycles. The number of likely N-dealkylation sites (N-methyl/N-ethyl adjacent to an activating group) is 1. The first-order valence-corrected chi connectivity index (χ1v) is 7.91. The maximum Gasteiger partial charge on any atom is 0.243 e. The van der Waals surface area contributed by atoms with E-state index in [1.807, 2.05) is 0 Å². The molecule has 0 bridgehead atoms. The zero-order valence-corrected chi connectivity index (χ0v) is 12.4. The standard InChI is InChI=1S/C11H15BrN2O3S/c1-2-14(8-11(13)15)18(16,17)10-5-3-9(7-12)4-6-10/h3-6H,2,7-8H2,1H3,(H2,13,15). The minimum Gasteiger partial charge on any atom is -0.369 e.